The Hall–Kier alpha value is -1.46. The van der Waals surface area contributed by atoms with Crippen molar-refractivity contribution in [3.8, 4) is 11.5 Å². The van der Waals surface area contributed by atoms with Crippen LogP contribution in [0.3, 0.4) is 0 Å². The third kappa shape index (κ3) is 3.30. The van der Waals surface area contributed by atoms with Crippen molar-refractivity contribution in [2.75, 3.05) is 45.4 Å². The summed E-state index contributed by atoms with van der Waals surface area (Å²) in [6.07, 6.45) is 1.09. The molecule has 1 aromatic rings. The van der Waals surface area contributed by atoms with Crippen LogP contribution in [0.4, 0.5) is 5.69 Å². The Balaban J connectivity index is 2.03. The molecule has 106 valence electrons. The molecule has 1 fully saturated rings. The zero-order valence-electron chi connectivity index (χ0n) is 11.6. The Morgan fingerprint density at radius 3 is 2.79 bits per heavy atom. The second kappa shape index (κ2) is 6.63. The average Bonchev–Trinajstić information content (AvgIpc) is 2.93. The lowest BCUT2D eigenvalue weighted by atomic mass is 10.2. The summed E-state index contributed by atoms with van der Waals surface area (Å²) in [6, 6.07) is 6.44. The van der Waals surface area contributed by atoms with Crippen LogP contribution >= 0.6 is 0 Å². The van der Waals surface area contributed by atoms with Gasteiger partial charge in [-0.3, -0.25) is 0 Å². The van der Waals surface area contributed by atoms with Gasteiger partial charge in [0.1, 0.15) is 0 Å². The number of aliphatic hydroxyl groups is 1. The zero-order valence-corrected chi connectivity index (χ0v) is 11.6. The van der Waals surface area contributed by atoms with Gasteiger partial charge in [-0.25, -0.2) is 0 Å². The summed E-state index contributed by atoms with van der Waals surface area (Å²) in [5.74, 6) is 1.51. The van der Waals surface area contributed by atoms with Crippen LogP contribution in [0.5, 0.6) is 11.5 Å². The Morgan fingerprint density at radius 2 is 2.11 bits per heavy atom. The van der Waals surface area contributed by atoms with E-state index in [2.05, 4.69) is 16.3 Å². The first-order valence-electron chi connectivity index (χ1n) is 6.59. The van der Waals surface area contributed by atoms with Crippen LogP contribution < -0.4 is 19.7 Å². The van der Waals surface area contributed by atoms with E-state index in [0.717, 1.165) is 36.7 Å². The van der Waals surface area contributed by atoms with Crippen LogP contribution in [0.25, 0.3) is 0 Å². The van der Waals surface area contributed by atoms with Crippen molar-refractivity contribution in [2.24, 2.45) is 0 Å². The summed E-state index contributed by atoms with van der Waals surface area (Å²) >= 11 is 0. The van der Waals surface area contributed by atoms with Gasteiger partial charge >= 0.3 is 0 Å². The second-order valence-corrected chi connectivity index (χ2v) is 4.65. The normalized spacial score (nSPS) is 18.7. The largest absolute Gasteiger partial charge is 0.493 e. The molecule has 1 heterocycles. The van der Waals surface area contributed by atoms with Crippen LogP contribution in [-0.2, 0) is 0 Å². The number of benzene rings is 1. The van der Waals surface area contributed by atoms with Gasteiger partial charge in [0.05, 0.1) is 20.8 Å². The summed E-state index contributed by atoms with van der Waals surface area (Å²) in [5.41, 5.74) is 1.14. The summed E-state index contributed by atoms with van der Waals surface area (Å²) in [4.78, 5) is 2.32. The van der Waals surface area contributed by atoms with E-state index in [4.69, 9.17) is 14.6 Å². The van der Waals surface area contributed by atoms with E-state index >= 15 is 0 Å². The number of nitrogens with zero attached hydrogens (tertiary/aromatic N) is 1. The van der Waals surface area contributed by atoms with Crippen LogP contribution in [-0.4, -0.2) is 51.6 Å². The lowest BCUT2D eigenvalue weighted by Gasteiger charge is -2.20. The van der Waals surface area contributed by atoms with Crippen molar-refractivity contribution < 1.29 is 14.6 Å². The maximum atomic E-state index is 8.83. The summed E-state index contributed by atoms with van der Waals surface area (Å²) in [6.45, 7) is 2.81. The molecule has 1 aliphatic rings. The Bertz CT molecular complexity index is 412. The quantitative estimate of drug-likeness (QED) is 0.800. The van der Waals surface area contributed by atoms with E-state index in [1.165, 1.54) is 0 Å². The van der Waals surface area contributed by atoms with Crippen LogP contribution in [0.15, 0.2) is 18.2 Å². The number of nitrogens with one attached hydrogen (secondary N) is 1. The first-order chi connectivity index (χ1) is 9.28. The van der Waals surface area contributed by atoms with Gasteiger partial charge in [-0.2, -0.15) is 0 Å². The van der Waals surface area contributed by atoms with Gasteiger partial charge in [0.2, 0.25) is 0 Å². The monoisotopic (exact) mass is 266 g/mol. The number of hydrogen-bond acceptors (Lipinski definition) is 5. The van der Waals surface area contributed by atoms with Gasteiger partial charge in [0.15, 0.2) is 11.5 Å². The highest BCUT2D eigenvalue weighted by molar-refractivity contribution is 5.57. The molecule has 1 aromatic carbocycles. The van der Waals surface area contributed by atoms with Gasteiger partial charge in [-0.15, -0.1) is 0 Å². The Kier molecular flexibility index (Phi) is 4.87. The number of ether oxygens (including phenoxy) is 2. The lowest BCUT2D eigenvalue weighted by molar-refractivity contribution is 0.286. The number of rotatable bonds is 6. The standard InChI is InChI=1S/C14H22N2O3/c1-18-13-4-3-12(9-14(13)19-2)16-7-5-11(10-16)15-6-8-17/h3-4,9,11,15,17H,5-8,10H2,1-2H3. The van der Waals surface area contributed by atoms with Gasteiger partial charge < -0.3 is 24.8 Å². The van der Waals surface area contributed by atoms with E-state index in [-0.39, 0.29) is 6.61 Å². The highest BCUT2D eigenvalue weighted by Crippen LogP contribution is 2.32. The lowest BCUT2D eigenvalue weighted by Crippen LogP contribution is -2.34. The molecule has 1 saturated heterocycles. The molecule has 5 nitrogen and oxygen atoms in total. The first-order valence-corrected chi connectivity index (χ1v) is 6.59. The molecule has 0 aliphatic carbocycles. The third-order valence-electron chi connectivity index (χ3n) is 3.47. The van der Waals surface area contributed by atoms with Crippen molar-refractivity contribution >= 4 is 5.69 Å². The molecule has 0 saturated carbocycles. The second-order valence-electron chi connectivity index (χ2n) is 4.65. The fourth-order valence-corrected chi connectivity index (χ4v) is 2.45. The van der Waals surface area contributed by atoms with Gasteiger partial charge in [-0.1, -0.05) is 0 Å². The van der Waals surface area contributed by atoms with Crippen LogP contribution in [0.1, 0.15) is 6.42 Å². The smallest absolute Gasteiger partial charge is 0.162 e. The Labute approximate surface area is 114 Å². The van der Waals surface area contributed by atoms with Crippen molar-refractivity contribution in [3.63, 3.8) is 0 Å². The SMILES string of the molecule is COc1ccc(N2CCC(NCCO)C2)cc1OC. The van der Waals surface area contributed by atoms with Gasteiger partial charge in [0, 0.05) is 37.4 Å². The van der Waals surface area contributed by atoms with E-state index in [0.29, 0.717) is 12.6 Å². The maximum absolute atomic E-state index is 8.83. The number of methoxy groups -OCH3 is 2. The van der Waals surface area contributed by atoms with E-state index < -0.39 is 0 Å². The number of anilines is 1. The minimum absolute atomic E-state index is 0.187. The summed E-state index contributed by atoms with van der Waals surface area (Å²) < 4.78 is 10.6. The topological polar surface area (TPSA) is 54.0 Å². The summed E-state index contributed by atoms with van der Waals surface area (Å²) in [5, 5.41) is 12.2. The fraction of sp³-hybridized carbons (Fsp3) is 0.571. The van der Waals surface area contributed by atoms with Gasteiger partial charge in [-0.05, 0) is 18.6 Å². The minimum Gasteiger partial charge on any atom is -0.493 e. The van der Waals surface area contributed by atoms with E-state index in [9.17, 15) is 0 Å². The molecule has 2 N–H and O–H groups in total. The molecule has 19 heavy (non-hydrogen) atoms. The molecule has 0 spiro atoms. The number of aliphatic hydroxyl groups excluding tert-OH is 1. The number of hydrogen-bond donors (Lipinski definition) is 2. The summed E-state index contributed by atoms with van der Waals surface area (Å²) in [7, 11) is 3.29. The molecular formula is C14H22N2O3. The van der Waals surface area contributed by atoms with Crippen LogP contribution in [0.2, 0.25) is 0 Å². The molecule has 0 aromatic heterocycles. The van der Waals surface area contributed by atoms with Crippen molar-refractivity contribution in [1.82, 2.24) is 5.32 Å². The predicted molar refractivity (Wildman–Crippen MR) is 75.3 cm³/mol. The van der Waals surface area contributed by atoms with E-state index in [1.54, 1.807) is 14.2 Å². The van der Waals surface area contributed by atoms with Gasteiger partial charge in [0.25, 0.3) is 0 Å². The average molecular weight is 266 g/mol. The minimum atomic E-state index is 0.187. The fourth-order valence-electron chi connectivity index (χ4n) is 2.45. The maximum Gasteiger partial charge on any atom is 0.162 e. The Morgan fingerprint density at radius 1 is 1.32 bits per heavy atom. The molecule has 5 heteroatoms. The molecular weight excluding hydrogens is 244 g/mol. The van der Waals surface area contributed by atoms with E-state index in [1.807, 2.05) is 12.1 Å². The van der Waals surface area contributed by atoms with Crippen molar-refractivity contribution in [3.05, 3.63) is 18.2 Å². The molecule has 1 unspecified atom stereocenters. The molecule has 0 radical (unpaired) electrons. The van der Waals surface area contributed by atoms with Crippen LogP contribution in [0, 0.1) is 0 Å². The zero-order chi connectivity index (χ0) is 13.7. The third-order valence-corrected chi connectivity index (χ3v) is 3.47. The predicted octanol–water partition coefficient (Wildman–Crippen LogP) is 0.864. The van der Waals surface area contributed by atoms with Crippen molar-refractivity contribution in [2.45, 2.75) is 12.5 Å². The van der Waals surface area contributed by atoms with Crippen molar-refractivity contribution in [1.29, 1.82) is 0 Å². The molecule has 0 bridgehead atoms. The molecule has 2 rings (SSSR count). The highest BCUT2D eigenvalue weighted by Gasteiger charge is 2.22. The molecule has 1 atom stereocenters. The highest BCUT2D eigenvalue weighted by atomic mass is 16.5. The first kappa shape index (κ1) is 14.0. The molecule has 1 aliphatic heterocycles. The molecule has 0 amide bonds.